The molecule has 1 aromatic rings. The van der Waals surface area contributed by atoms with Gasteiger partial charge in [-0.15, -0.1) is 0 Å². The molecule has 0 aromatic heterocycles. The molecular formula is C26H37B2NO3. The minimum absolute atomic E-state index is 0.0579. The average molecular weight is 433 g/mol. The van der Waals surface area contributed by atoms with Crippen LogP contribution in [0.15, 0.2) is 12.1 Å². The number of hydrogen-bond donors (Lipinski definition) is 0. The summed E-state index contributed by atoms with van der Waals surface area (Å²) in [6.07, 6.45) is 4.92. The van der Waals surface area contributed by atoms with Crippen LogP contribution in [0, 0.1) is 23.7 Å². The summed E-state index contributed by atoms with van der Waals surface area (Å²) in [6.45, 7) is 14.1. The summed E-state index contributed by atoms with van der Waals surface area (Å²) < 4.78 is 5.74. The van der Waals surface area contributed by atoms with Gasteiger partial charge < -0.3 is 14.4 Å². The number of likely N-dealkylation sites (N-methyl/N-ethyl adjacent to an activating group) is 1. The van der Waals surface area contributed by atoms with Crippen molar-refractivity contribution in [2.75, 3.05) is 13.6 Å². The molecule has 3 aliphatic rings. The molecule has 1 heterocycles. The highest BCUT2D eigenvalue weighted by atomic mass is 16.5. The standard InChI is InChI=1S/C26H37B2NO3/c1-16-19(32-23(31)28-6)9-8-17-14-20-25(4)11-10-18(15-21(30)27-5)24(2,3)26(25,22(16)17)12-13-29(20)7/h8-9,18,20H,10-15H2,1-7H3/t18?,20-,25?,26-/m0/s1. The summed E-state index contributed by atoms with van der Waals surface area (Å²) in [5.41, 5.74) is 4.13. The van der Waals surface area contributed by atoms with Crippen molar-refractivity contribution in [1.29, 1.82) is 0 Å². The number of nitrogens with zero attached hydrogens (tertiary/aromatic N) is 1. The second-order valence-electron chi connectivity index (χ2n) is 11.1. The van der Waals surface area contributed by atoms with Crippen molar-refractivity contribution < 1.29 is 14.3 Å². The normalized spacial score (nSPS) is 33.0. The van der Waals surface area contributed by atoms with Gasteiger partial charge >= 0.3 is 0 Å². The molecule has 2 fully saturated rings. The maximum atomic E-state index is 12.5. The van der Waals surface area contributed by atoms with E-state index in [1.807, 2.05) is 12.9 Å². The number of benzene rings is 1. The van der Waals surface area contributed by atoms with E-state index in [2.05, 4.69) is 45.7 Å². The molecule has 1 aliphatic heterocycles. The van der Waals surface area contributed by atoms with Crippen molar-refractivity contribution >= 4 is 26.1 Å². The lowest BCUT2D eigenvalue weighted by atomic mass is 9.35. The van der Waals surface area contributed by atoms with Crippen molar-refractivity contribution in [1.82, 2.24) is 4.90 Å². The Labute approximate surface area is 195 Å². The maximum Gasteiger partial charge on any atom is 0.258 e. The Hall–Kier alpha value is -1.55. The Morgan fingerprint density at radius 1 is 1.16 bits per heavy atom. The SMILES string of the molecule is C[B]C(=O)CC1CCC2(C)[C@@H]3Cc4ccc(OC(=O)[B]C)c(C)c4[C@@]2(CCN3C)C1(C)C. The second-order valence-corrected chi connectivity index (χ2v) is 11.1. The Kier molecular flexibility index (Phi) is 5.93. The molecule has 2 unspecified atom stereocenters. The Balaban J connectivity index is 1.95. The Morgan fingerprint density at radius 3 is 2.53 bits per heavy atom. The van der Waals surface area contributed by atoms with Crippen LogP contribution in [0.1, 0.15) is 63.1 Å². The lowest BCUT2D eigenvalue weighted by Gasteiger charge is -2.72. The van der Waals surface area contributed by atoms with Crippen LogP contribution in [0.5, 0.6) is 5.75 Å². The fourth-order valence-electron chi connectivity index (χ4n) is 8.01. The molecular weight excluding hydrogens is 396 g/mol. The van der Waals surface area contributed by atoms with Crippen molar-refractivity contribution in [2.24, 2.45) is 16.7 Å². The molecule has 4 atom stereocenters. The van der Waals surface area contributed by atoms with Gasteiger partial charge in [-0.3, -0.25) is 4.79 Å². The van der Waals surface area contributed by atoms with E-state index in [0.29, 0.717) is 24.1 Å². The monoisotopic (exact) mass is 433 g/mol. The van der Waals surface area contributed by atoms with Gasteiger partial charge in [0.25, 0.3) is 7.28 Å². The van der Waals surface area contributed by atoms with Crippen molar-refractivity contribution in [2.45, 2.75) is 84.9 Å². The number of fused-ring (bicyclic) bond motifs is 1. The molecule has 1 saturated heterocycles. The van der Waals surface area contributed by atoms with Crippen molar-refractivity contribution in [3.63, 3.8) is 0 Å². The zero-order chi connectivity index (χ0) is 23.5. The van der Waals surface area contributed by atoms with Crippen LogP contribution >= 0.6 is 0 Å². The quantitative estimate of drug-likeness (QED) is 0.623. The van der Waals surface area contributed by atoms with E-state index < -0.39 is 0 Å². The molecule has 2 bridgehead atoms. The molecule has 0 spiro atoms. The van der Waals surface area contributed by atoms with Crippen LogP contribution < -0.4 is 4.74 Å². The van der Waals surface area contributed by atoms with Crippen molar-refractivity contribution in [3.8, 4) is 5.75 Å². The van der Waals surface area contributed by atoms with E-state index in [1.54, 1.807) is 14.1 Å². The van der Waals surface area contributed by atoms with Gasteiger partial charge in [0, 0.05) is 11.5 Å². The van der Waals surface area contributed by atoms with Crippen molar-refractivity contribution in [3.05, 3.63) is 28.8 Å². The number of carbonyl (C=O) groups is 2. The molecule has 32 heavy (non-hydrogen) atoms. The van der Waals surface area contributed by atoms with E-state index in [-0.39, 0.29) is 27.8 Å². The highest BCUT2D eigenvalue weighted by Gasteiger charge is 2.69. The van der Waals surface area contributed by atoms with Gasteiger partial charge in [-0.1, -0.05) is 40.5 Å². The van der Waals surface area contributed by atoms with E-state index in [9.17, 15) is 9.59 Å². The molecule has 0 N–H and O–H groups in total. The van der Waals surface area contributed by atoms with Gasteiger partial charge in [0.05, 0.1) is 5.68 Å². The fourth-order valence-corrected chi connectivity index (χ4v) is 8.01. The number of carbonyl (C=O) groups excluding carboxylic acids is 2. The van der Waals surface area contributed by atoms with Gasteiger partial charge in [-0.05, 0) is 92.1 Å². The fraction of sp³-hybridized carbons (Fsp3) is 0.692. The highest BCUT2D eigenvalue weighted by molar-refractivity contribution is 6.72. The Bertz CT molecular complexity index is 945. The smallest absolute Gasteiger partial charge is 0.258 e. The van der Waals surface area contributed by atoms with Crippen LogP contribution in [-0.2, 0) is 16.6 Å². The van der Waals surface area contributed by atoms with Gasteiger partial charge in [-0.25, -0.2) is 0 Å². The number of ether oxygens (including phenoxy) is 1. The first-order chi connectivity index (χ1) is 15.0. The largest absolute Gasteiger partial charge is 0.435 e. The minimum Gasteiger partial charge on any atom is -0.435 e. The summed E-state index contributed by atoms with van der Waals surface area (Å²) in [5.74, 6) is 0.705. The van der Waals surface area contributed by atoms with Crippen LogP contribution in [0.2, 0.25) is 13.6 Å². The molecule has 1 aromatic carbocycles. The third kappa shape index (κ3) is 3.08. The first kappa shape index (κ1) is 23.6. The first-order valence-corrected chi connectivity index (χ1v) is 12.2. The third-order valence-electron chi connectivity index (χ3n) is 9.77. The molecule has 4 nitrogen and oxygen atoms in total. The zero-order valence-corrected chi connectivity index (χ0v) is 20.9. The lowest BCUT2D eigenvalue weighted by molar-refractivity contribution is -0.160. The molecule has 170 valence electrons. The number of piperidine rings is 1. The van der Waals surface area contributed by atoms with E-state index in [4.69, 9.17) is 4.74 Å². The van der Waals surface area contributed by atoms with E-state index >= 15 is 0 Å². The highest BCUT2D eigenvalue weighted by Crippen LogP contribution is 2.71. The van der Waals surface area contributed by atoms with Crippen LogP contribution in [0.25, 0.3) is 0 Å². The summed E-state index contributed by atoms with van der Waals surface area (Å²) in [4.78, 5) is 27.2. The minimum atomic E-state index is -0.310. The summed E-state index contributed by atoms with van der Waals surface area (Å²) in [7, 11) is 5.48. The number of rotatable bonds is 5. The van der Waals surface area contributed by atoms with Gasteiger partial charge in [-0.2, -0.15) is 0 Å². The van der Waals surface area contributed by atoms with Gasteiger partial charge in [0.15, 0.2) is 7.28 Å². The zero-order valence-electron chi connectivity index (χ0n) is 20.9. The molecule has 2 radical (unpaired) electrons. The maximum absolute atomic E-state index is 12.5. The van der Waals surface area contributed by atoms with E-state index in [0.717, 1.165) is 37.8 Å². The average Bonchev–Trinajstić information content (AvgIpc) is 2.74. The molecule has 0 amide bonds. The van der Waals surface area contributed by atoms with Gasteiger partial charge in [0.1, 0.15) is 5.75 Å². The molecule has 1 saturated carbocycles. The molecule has 2 aliphatic carbocycles. The van der Waals surface area contributed by atoms with Crippen LogP contribution in [0.4, 0.5) is 4.79 Å². The second kappa shape index (κ2) is 8.04. The van der Waals surface area contributed by atoms with Gasteiger partial charge in [0.2, 0.25) is 5.87 Å². The molecule has 6 heteroatoms. The summed E-state index contributed by atoms with van der Waals surface area (Å²) >= 11 is 0. The summed E-state index contributed by atoms with van der Waals surface area (Å²) in [5, 5.41) is 0. The lowest BCUT2D eigenvalue weighted by Crippen LogP contribution is -2.72. The third-order valence-corrected chi connectivity index (χ3v) is 9.77. The summed E-state index contributed by atoms with van der Waals surface area (Å²) in [6, 6.07) is 4.65. The predicted molar refractivity (Wildman–Crippen MR) is 131 cm³/mol. The first-order valence-electron chi connectivity index (χ1n) is 12.2. The number of hydrogen-bond acceptors (Lipinski definition) is 4. The Morgan fingerprint density at radius 2 is 1.88 bits per heavy atom. The van der Waals surface area contributed by atoms with Crippen LogP contribution in [-0.4, -0.2) is 50.6 Å². The molecule has 4 rings (SSSR count). The predicted octanol–water partition coefficient (Wildman–Crippen LogP) is 4.86. The van der Waals surface area contributed by atoms with Crippen LogP contribution in [0.3, 0.4) is 0 Å². The number of likely N-dealkylation sites (tertiary alicyclic amines) is 1. The topological polar surface area (TPSA) is 46.6 Å². The van der Waals surface area contributed by atoms with E-state index in [1.165, 1.54) is 18.4 Å².